The molecule has 0 heterocycles. The van der Waals surface area contributed by atoms with Crippen molar-refractivity contribution in [2.24, 2.45) is 5.92 Å². The van der Waals surface area contributed by atoms with Crippen molar-refractivity contribution in [2.75, 3.05) is 6.61 Å². The molecular formula is C18H22O. The van der Waals surface area contributed by atoms with Gasteiger partial charge < -0.3 is 4.74 Å². The van der Waals surface area contributed by atoms with Crippen molar-refractivity contribution in [3.63, 3.8) is 0 Å². The van der Waals surface area contributed by atoms with Crippen LogP contribution in [-0.2, 0) is 4.74 Å². The van der Waals surface area contributed by atoms with Crippen LogP contribution in [0.5, 0.6) is 0 Å². The second-order valence-corrected chi connectivity index (χ2v) is 5.08. The molecule has 0 aliphatic heterocycles. The van der Waals surface area contributed by atoms with Crippen molar-refractivity contribution in [3.05, 3.63) is 48.6 Å². The molecule has 0 spiro atoms. The van der Waals surface area contributed by atoms with Gasteiger partial charge in [0.2, 0.25) is 0 Å². The topological polar surface area (TPSA) is 9.23 Å². The lowest BCUT2D eigenvalue weighted by atomic mass is 9.85. The van der Waals surface area contributed by atoms with E-state index in [0.717, 1.165) is 5.56 Å². The minimum Gasteiger partial charge on any atom is -0.361 e. The van der Waals surface area contributed by atoms with Gasteiger partial charge in [0.15, 0.2) is 0 Å². The Balaban J connectivity index is 2.04. The quantitative estimate of drug-likeness (QED) is 0.578. The number of ether oxygens (including phenoxy) is 1. The Kier molecular flexibility index (Phi) is 5.72. The summed E-state index contributed by atoms with van der Waals surface area (Å²) in [6.07, 6.45) is 8.32. The molecule has 0 bridgehead atoms. The van der Waals surface area contributed by atoms with Crippen LogP contribution in [0.3, 0.4) is 0 Å². The average molecular weight is 254 g/mol. The number of rotatable bonds is 4. The minimum atomic E-state index is 0.0542. The molecule has 0 radical (unpaired) electrons. The second kappa shape index (κ2) is 7.81. The van der Waals surface area contributed by atoms with Gasteiger partial charge >= 0.3 is 0 Å². The van der Waals surface area contributed by atoms with Crippen LogP contribution in [0.1, 0.15) is 37.7 Å². The van der Waals surface area contributed by atoms with E-state index < -0.39 is 0 Å². The maximum atomic E-state index is 5.86. The van der Waals surface area contributed by atoms with Crippen molar-refractivity contribution in [1.29, 1.82) is 0 Å². The standard InChI is InChI=1S/C18H22O/c1-2-15-19-18(17-11-7-4-8-12-17)14-13-16-9-5-3-6-10-16/h2-3,5-6,9-10,17-18H,1,4,7-8,11-12,15H2/t18-/m0/s1. The molecule has 2 rings (SSSR count). The Morgan fingerprint density at radius 3 is 2.63 bits per heavy atom. The monoisotopic (exact) mass is 254 g/mol. The van der Waals surface area contributed by atoms with Gasteiger partial charge in [-0.3, -0.25) is 0 Å². The largest absolute Gasteiger partial charge is 0.361 e. The van der Waals surface area contributed by atoms with Crippen molar-refractivity contribution in [2.45, 2.75) is 38.2 Å². The molecular weight excluding hydrogens is 232 g/mol. The molecule has 1 heteroatoms. The molecule has 1 aliphatic rings. The van der Waals surface area contributed by atoms with Gasteiger partial charge in [-0.05, 0) is 30.9 Å². The summed E-state index contributed by atoms with van der Waals surface area (Å²) in [6.45, 7) is 4.31. The van der Waals surface area contributed by atoms with E-state index in [1.165, 1.54) is 32.1 Å². The van der Waals surface area contributed by atoms with E-state index in [1.54, 1.807) is 6.08 Å². The fraction of sp³-hybridized carbons (Fsp3) is 0.444. The minimum absolute atomic E-state index is 0.0542. The van der Waals surface area contributed by atoms with Crippen LogP contribution in [-0.4, -0.2) is 12.7 Å². The fourth-order valence-corrected chi connectivity index (χ4v) is 2.58. The Morgan fingerprint density at radius 2 is 1.95 bits per heavy atom. The summed E-state index contributed by atoms with van der Waals surface area (Å²) in [6, 6.07) is 10.1. The average Bonchev–Trinajstić information content (AvgIpc) is 2.49. The van der Waals surface area contributed by atoms with Crippen molar-refractivity contribution < 1.29 is 4.74 Å². The Bertz CT molecular complexity index is 432. The summed E-state index contributed by atoms with van der Waals surface area (Å²) in [5.41, 5.74) is 1.06. The summed E-state index contributed by atoms with van der Waals surface area (Å²) < 4.78 is 5.86. The van der Waals surface area contributed by atoms with Crippen molar-refractivity contribution in [3.8, 4) is 11.8 Å². The van der Waals surface area contributed by atoms with Gasteiger partial charge in [0.25, 0.3) is 0 Å². The fourth-order valence-electron chi connectivity index (χ4n) is 2.58. The summed E-state index contributed by atoms with van der Waals surface area (Å²) in [4.78, 5) is 0. The molecule has 0 saturated heterocycles. The van der Waals surface area contributed by atoms with E-state index in [1.807, 2.05) is 30.3 Å². The highest BCUT2D eigenvalue weighted by Crippen LogP contribution is 2.27. The van der Waals surface area contributed by atoms with Crippen LogP contribution in [0.2, 0.25) is 0 Å². The van der Waals surface area contributed by atoms with E-state index in [2.05, 4.69) is 18.4 Å². The van der Waals surface area contributed by atoms with Crippen molar-refractivity contribution in [1.82, 2.24) is 0 Å². The number of benzene rings is 1. The van der Waals surface area contributed by atoms with Gasteiger partial charge in [0.1, 0.15) is 6.10 Å². The number of hydrogen-bond acceptors (Lipinski definition) is 1. The van der Waals surface area contributed by atoms with Crippen LogP contribution >= 0.6 is 0 Å². The van der Waals surface area contributed by atoms with E-state index in [4.69, 9.17) is 4.74 Å². The first-order valence-electron chi connectivity index (χ1n) is 7.19. The molecule has 0 aromatic heterocycles. The van der Waals surface area contributed by atoms with Gasteiger partial charge in [-0.15, -0.1) is 6.58 Å². The maximum Gasteiger partial charge on any atom is 0.121 e. The molecule has 100 valence electrons. The zero-order valence-corrected chi connectivity index (χ0v) is 11.5. The molecule has 0 N–H and O–H groups in total. The predicted octanol–water partition coefficient (Wildman–Crippen LogP) is 4.19. The van der Waals surface area contributed by atoms with Gasteiger partial charge in [0, 0.05) is 5.56 Å². The molecule has 0 amide bonds. The zero-order valence-electron chi connectivity index (χ0n) is 11.5. The highest BCUT2D eigenvalue weighted by molar-refractivity contribution is 5.34. The van der Waals surface area contributed by atoms with E-state index in [0.29, 0.717) is 12.5 Å². The smallest absolute Gasteiger partial charge is 0.121 e. The van der Waals surface area contributed by atoms with Crippen LogP contribution in [0.4, 0.5) is 0 Å². The van der Waals surface area contributed by atoms with Gasteiger partial charge in [0.05, 0.1) is 6.61 Å². The zero-order chi connectivity index (χ0) is 13.3. The van der Waals surface area contributed by atoms with Crippen molar-refractivity contribution >= 4 is 0 Å². The van der Waals surface area contributed by atoms with Crippen LogP contribution in [0.15, 0.2) is 43.0 Å². The van der Waals surface area contributed by atoms with Gasteiger partial charge in [-0.2, -0.15) is 0 Å². The second-order valence-electron chi connectivity index (χ2n) is 5.08. The summed E-state index contributed by atoms with van der Waals surface area (Å²) in [7, 11) is 0. The SMILES string of the molecule is C=CCO[C@@H](C#Cc1ccccc1)C1CCCCC1. The third-order valence-electron chi connectivity index (χ3n) is 3.60. The molecule has 1 aromatic carbocycles. The molecule has 1 aliphatic carbocycles. The Morgan fingerprint density at radius 1 is 1.21 bits per heavy atom. The van der Waals surface area contributed by atoms with E-state index in [9.17, 15) is 0 Å². The summed E-state index contributed by atoms with van der Waals surface area (Å²) in [5, 5.41) is 0. The van der Waals surface area contributed by atoms with Crippen LogP contribution in [0.25, 0.3) is 0 Å². The summed E-state index contributed by atoms with van der Waals surface area (Å²) in [5.74, 6) is 7.15. The molecule has 1 aromatic rings. The Hall–Kier alpha value is -1.52. The first-order valence-corrected chi connectivity index (χ1v) is 7.19. The van der Waals surface area contributed by atoms with E-state index in [-0.39, 0.29) is 6.10 Å². The molecule has 1 fully saturated rings. The summed E-state index contributed by atoms with van der Waals surface area (Å²) >= 11 is 0. The van der Waals surface area contributed by atoms with E-state index >= 15 is 0 Å². The third kappa shape index (κ3) is 4.58. The third-order valence-corrected chi connectivity index (χ3v) is 3.60. The highest BCUT2D eigenvalue weighted by Gasteiger charge is 2.22. The molecule has 1 saturated carbocycles. The maximum absolute atomic E-state index is 5.86. The lowest BCUT2D eigenvalue weighted by molar-refractivity contribution is 0.0559. The lowest BCUT2D eigenvalue weighted by Crippen LogP contribution is -2.25. The van der Waals surface area contributed by atoms with Gasteiger partial charge in [-0.25, -0.2) is 0 Å². The Labute approximate surface area is 116 Å². The van der Waals surface area contributed by atoms with Crippen LogP contribution in [0, 0.1) is 17.8 Å². The molecule has 0 unspecified atom stereocenters. The molecule has 19 heavy (non-hydrogen) atoms. The first-order chi connectivity index (χ1) is 9.40. The predicted molar refractivity (Wildman–Crippen MR) is 79.8 cm³/mol. The van der Waals surface area contributed by atoms with Crippen LogP contribution < -0.4 is 0 Å². The first kappa shape index (κ1) is 13.9. The highest BCUT2D eigenvalue weighted by atomic mass is 16.5. The molecule has 1 atom stereocenters. The molecule has 1 nitrogen and oxygen atoms in total. The number of hydrogen-bond donors (Lipinski definition) is 0. The normalized spacial score (nSPS) is 17.3. The lowest BCUT2D eigenvalue weighted by Gasteiger charge is -2.26. The van der Waals surface area contributed by atoms with Gasteiger partial charge in [-0.1, -0.05) is 55.4 Å².